The van der Waals surface area contributed by atoms with Gasteiger partial charge in [0.1, 0.15) is 60.0 Å². The topological polar surface area (TPSA) is 223 Å². The standard InChI is InChI=1S/C57H51ClF4N10O8S/c1-5-28(24-79-55(76)68(4)41-15-29-14-30-22-72-42(46(30)65-40(29)18-39(41)61)17-36-35(52(72)74)25-78-53(75)57(36,77)6-2)51(73)69-12-13-71(27(3)21-69)50-33-16-37(58)44(32-8-9-38(60)48-43(32)34(20-63)49(64)81-48)45(62)47(33)66-54(67-50)80-26-56-10-7-11-70(56)23-31(59)19-56/h5,8-9,14-18,27,31,77H,6-7,10-13,19,21-26,64H2,1-4H3/b28-5+/t27-,31+,56-,57-/m0/s1. The van der Waals surface area contributed by atoms with E-state index in [0.29, 0.717) is 35.3 Å². The molecule has 5 aliphatic rings. The van der Waals surface area contributed by atoms with Crippen molar-refractivity contribution in [3.05, 3.63) is 109 Å². The molecular weight excluding hydrogens is 1100 g/mol. The van der Waals surface area contributed by atoms with Crippen molar-refractivity contribution >= 4 is 89.3 Å². The number of nitriles is 1. The molecule has 5 aliphatic heterocycles. The van der Waals surface area contributed by atoms with Gasteiger partial charge in [0.25, 0.3) is 11.5 Å². The Morgan fingerprint density at radius 1 is 1.09 bits per heavy atom. The number of alkyl halides is 1. The summed E-state index contributed by atoms with van der Waals surface area (Å²) in [7, 11) is 1.32. The largest absolute Gasteiger partial charge is 0.461 e. The molecule has 18 nitrogen and oxygen atoms in total. The Hall–Kier alpha value is -7.91. The first kappa shape index (κ1) is 53.7. The van der Waals surface area contributed by atoms with E-state index in [1.165, 1.54) is 35.9 Å². The van der Waals surface area contributed by atoms with Gasteiger partial charge in [-0.2, -0.15) is 15.2 Å². The lowest BCUT2D eigenvalue weighted by molar-refractivity contribution is -0.172. The van der Waals surface area contributed by atoms with Crippen LogP contribution < -0.4 is 25.8 Å². The number of esters is 1. The number of piperazine rings is 1. The zero-order valence-electron chi connectivity index (χ0n) is 44.2. The van der Waals surface area contributed by atoms with E-state index in [-0.39, 0.29) is 146 Å². The van der Waals surface area contributed by atoms with E-state index < -0.39 is 70.9 Å². The molecule has 0 spiro atoms. The highest BCUT2D eigenvalue weighted by Gasteiger charge is 2.50. The highest BCUT2D eigenvalue weighted by molar-refractivity contribution is 7.23. The minimum absolute atomic E-state index is 0.0262. The van der Waals surface area contributed by atoms with Gasteiger partial charge in [-0.1, -0.05) is 30.7 Å². The van der Waals surface area contributed by atoms with Gasteiger partial charge in [-0.25, -0.2) is 32.1 Å². The Balaban J connectivity index is 0.774. The number of carbonyl (C=O) groups excluding carboxylic acids is 3. The van der Waals surface area contributed by atoms with Crippen LogP contribution >= 0.6 is 22.9 Å². The average molecular weight is 1150 g/mol. The average Bonchev–Trinajstić information content (AvgIpc) is 4.21. The molecule has 0 unspecified atom stereocenters. The van der Waals surface area contributed by atoms with Crippen LogP contribution in [-0.2, 0) is 37.8 Å². The number of hydrogen-bond donors (Lipinski definition) is 2. The smallest absolute Gasteiger partial charge is 0.414 e. The number of carbonyl (C=O) groups is 3. The minimum atomic E-state index is -2.02. The molecule has 3 N–H and O–H groups in total. The van der Waals surface area contributed by atoms with E-state index >= 15 is 13.2 Å². The lowest BCUT2D eigenvalue weighted by Gasteiger charge is -2.41. The van der Waals surface area contributed by atoms with Crippen LogP contribution in [0.2, 0.25) is 5.02 Å². The number of halogens is 5. The molecule has 0 aliphatic carbocycles. The Morgan fingerprint density at radius 3 is 2.64 bits per heavy atom. The second-order valence-electron chi connectivity index (χ2n) is 21.2. The molecule has 12 rings (SSSR count). The van der Waals surface area contributed by atoms with E-state index in [9.17, 15) is 33.9 Å². The number of nitrogen functional groups attached to an aromatic ring is 1. The van der Waals surface area contributed by atoms with E-state index in [4.69, 9.17) is 36.5 Å². The number of thiophene rings is 1. The summed E-state index contributed by atoms with van der Waals surface area (Å²) in [6, 6.07) is 11.2. The zero-order valence-corrected chi connectivity index (χ0v) is 45.7. The molecule has 4 atom stereocenters. The Labute approximate surface area is 468 Å². The third-order valence-corrected chi connectivity index (χ3v) is 18.0. The van der Waals surface area contributed by atoms with Gasteiger partial charge in [-0.3, -0.25) is 19.4 Å². The number of nitrogens with two attached hydrogens (primary N) is 1. The van der Waals surface area contributed by atoms with Crippen LogP contribution in [0.3, 0.4) is 0 Å². The lowest BCUT2D eigenvalue weighted by Crippen LogP contribution is -2.54. The van der Waals surface area contributed by atoms with Crippen molar-refractivity contribution in [3.63, 3.8) is 0 Å². The number of pyridine rings is 2. The highest BCUT2D eigenvalue weighted by atomic mass is 35.5. The van der Waals surface area contributed by atoms with Crippen LogP contribution in [0, 0.1) is 28.8 Å². The molecule has 0 bridgehead atoms. The second-order valence-corrected chi connectivity index (χ2v) is 22.7. The third kappa shape index (κ3) is 8.59. The van der Waals surface area contributed by atoms with Crippen molar-refractivity contribution in [1.82, 2.24) is 29.3 Å². The van der Waals surface area contributed by atoms with Gasteiger partial charge in [0.2, 0.25) is 0 Å². The maximum Gasteiger partial charge on any atom is 0.414 e. The number of hydrogen-bond acceptors (Lipinski definition) is 16. The van der Waals surface area contributed by atoms with E-state index in [1.54, 1.807) is 30.9 Å². The quantitative estimate of drug-likeness (QED) is 0.0743. The number of nitrogens with zero attached hydrogens (tertiary/aromatic N) is 9. The summed E-state index contributed by atoms with van der Waals surface area (Å²) in [4.78, 5) is 74.8. The number of aliphatic hydroxyl groups is 1. The lowest BCUT2D eigenvalue weighted by atomic mass is 9.86. The summed E-state index contributed by atoms with van der Waals surface area (Å²) < 4.78 is 82.1. The molecule has 2 amide bonds. The number of amides is 2. The van der Waals surface area contributed by atoms with Gasteiger partial charge in [0, 0.05) is 84.6 Å². The number of cyclic esters (lactones) is 1. The molecule has 0 radical (unpaired) electrons. The first-order chi connectivity index (χ1) is 38.8. The molecule has 3 fully saturated rings. The maximum atomic E-state index is 17.5. The number of ether oxygens (including phenoxy) is 3. The zero-order chi connectivity index (χ0) is 57.1. The van der Waals surface area contributed by atoms with Crippen molar-refractivity contribution in [2.24, 2.45) is 0 Å². The van der Waals surface area contributed by atoms with Crippen molar-refractivity contribution in [3.8, 4) is 34.6 Å². The summed E-state index contributed by atoms with van der Waals surface area (Å²) in [5.74, 6) is -3.41. The van der Waals surface area contributed by atoms with Crippen LogP contribution in [0.15, 0.2) is 58.9 Å². The maximum absolute atomic E-state index is 17.5. The number of allylic oxidation sites excluding steroid dienone is 1. The Bertz CT molecular complexity index is 4040. The highest BCUT2D eigenvalue weighted by Crippen LogP contribution is 2.47. The van der Waals surface area contributed by atoms with Crippen molar-refractivity contribution in [2.75, 3.05) is 68.5 Å². The normalized spacial score (nSPS) is 21.5. The number of benzene rings is 3. The van der Waals surface area contributed by atoms with Crippen LogP contribution in [0.25, 0.3) is 54.4 Å². The fourth-order valence-electron chi connectivity index (χ4n) is 12.4. The number of anilines is 3. The predicted octanol–water partition coefficient (Wildman–Crippen LogP) is 8.64. The van der Waals surface area contributed by atoms with Gasteiger partial charge in [-0.15, -0.1) is 11.3 Å². The molecule has 9 heterocycles. The fourth-order valence-corrected chi connectivity index (χ4v) is 13.6. The Morgan fingerprint density at radius 2 is 1.89 bits per heavy atom. The van der Waals surface area contributed by atoms with Crippen LogP contribution in [0.4, 0.5) is 38.9 Å². The molecule has 3 aromatic carbocycles. The fraction of sp³-hybridized carbons (Fsp3) is 0.368. The first-order valence-electron chi connectivity index (χ1n) is 26.3. The van der Waals surface area contributed by atoms with Crippen molar-refractivity contribution < 1.29 is 51.3 Å². The Kier molecular flexibility index (Phi) is 13.2. The van der Waals surface area contributed by atoms with Gasteiger partial charge in [-0.05, 0) is 75.5 Å². The van der Waals surface area contributed by atoms with Crippen LogP contribution in [0.5, 0.6) is 6.01 Å². The molecule has 0 saturated carbocycles. The number of aromatic nitrogens is 4. The van der Waals surface area contributed by atoms with Gasteiger partial charge in [0.05, 0.1) is 61.1 Å². The molecule has 81 heavy (non-hydrogen) atoms. The first-order valence-corrected chi connectivity index (χ1v) is 27.5. The van der Waals surface area contributed by atoms with Gasteiger partial charge >= 0.3 is 18.1 Å². The summed E-state index contributed by atoms with van der Waals surface area (Å²) in [6.07, 6.45) is 1.28. The molecule has 7 aromatic rings. The molecule has 3 saturated heterocycles. The van der Waals surface area contributed by atoms with Gasteiger partial charge < -0.3 is 39.4 Å². The SMILES string of the molecule is C/C=C(\COC(=O)N(C)c1cc2cc3c(nc2cc1F)-c1cc2c(c(=O)n1C3)COC(=O)[C@]2(O)CC)C(=O)N1CCN(c2nc(OC[C@@]34CCCN3C[C@H](F)C4)nc3c(F)c(-c4ccc(F)c5sc(N)c(C#N)c45)c(Cl)cc23)[C@@H](C)C1. The third-order valence-electron chi connectivity index (χ3n) is 16.6. The second kappa shape index (κ2) is 20.0. The summed E-state index contributed by atoms with van der Waals surface area (Å²) in [5.41, 5.74) is 4.67. The summed E-state index contributed by atoms with van der Waals surface area (Å²) in [6.45, 7) is 5.85. The summed E-state index contributed by atoms with van der Waals surface area (Å²) in [5, 5.41) is 22.0. The van der Waals surface area contributed by atoms with Crippen LogP contribution in [-0.4, -0.2) is 123 Å². The number of fused-ring (bicyclic) bond motifs is 8. The van der Waals surface area contributed by atoms with E-state index in [0.717, 1.165) is 34.8 Å². The molecule has 4 aromatic heterocycles. The van der Waals surface area contributed by atoms with E-state index in [2.05, 4.69) is 14.9 Å². The van der Waals surface area contributed by atoms with Crippen molar-refractivity contribution in [1.29, 1.82) is 5.26 Å². The van der Waals surface area contributed by atoms with E-state index in [1.807, 2.05) is 17.9 Å². The van der Waals surface area contributed by atoms with Gasteiger partial charge in [0.15, 0.2) is 11.4 Å². The number of rotatable bonds is 10. The van der Waals surface area contributed by atoms with Crippen molar-refractivity contribution in [2.45, 2.75) is 83.0 Å². The van der Waals surface area contributed by atoms with Crippen LogP contribution in [0.1, 0.15) is 68.7 Å². The molecule has 418 valence electrons. The monoisotopic (exact) mass is 1150 g/mol. The minimum Gasteiger partial charge on any atom is -0.461 e. The summed E-state index contributed by atoms with van der Waals surface area (Å²) >= 11 is 7.84. The molecule has 24 heteroatoms. The predicted molar refractivity (Wildman–Crippen MR) is 294 cm³/mol. The molecular formula is C57H51ClF4N10O8S.